The number of anilines is 1. The fraction of sp³-hybridized carbons (Fsp3) is 0.357. The number of nitrogens with zero attached hydrogens (tertiary/aromatic N) is 3. The smallest absolute Gasteiger partial charge is 0.250 e. The van der Waals surface area contributed by atoms with Crippen LogP contribution in [-0.4, -0.2) is 27.3 Å². The van der Waals surface area contributed by atoms with Gasteiger partial charge in [-0.05, 0) is 19.1 Å². The monoisotopic (exact) mass is 287 g/mol. The summed E-state index contributed by atoms with van der Waals surface area (Å²) in [5.41, 5.74) is 9.13. The number of ether oxygens (including phenoxy) is 1. The summed E-state index contributed by atoms with van der Waals surface area (Å²) in [6.45, 7) is 4.40. The van der Waals surface area contributed by atoms with E-state index in [0.717, 1.165) is 23.6 Å². The molecule has 7 heteroatoms. The molecule has 7 nitrogen and oxygen atoms in total. The Balaban J connectivity index is 1.71. The van der Waals surface area contributed by atoms with Crippen LogP contribution in [0.1, 0.15) is 27.4 Å². The minimum atomic E-state index is -0.474. The molecule has 0 fully saturated rings. The summed E-state index contributed by atoms with van der Waals surface area (Å²) in [5, 5.41) is 7.71. The van der Waals surface area contributed by atoms with E-state index in [2.05, 4.69) is 15.4 Å². The number of primary amides is 1. The van der Waals surface area contributed by atoms with Crippen LogP contribution in [0.15, 0.2) is 18.3 Å². The molecule has 0 aliphatic carbocycles. The molecule has 0 aromatic carbocycles. The predicted octanol–water partition coefficient (Wildman–Crippen LogP) is 0.828. The van der Waals surface area contributed by atoms with Gasteiger partial charge in [-0.25, -0.2) is 0 Å². The van der Waals surface area contributed by atoms with Gasteiger partial charge in [-0.1, -0.05) is 0 Å². The number of aromatic nitrogens is 3. The minimum Gasteiger partial charge on any atom is -0.378 e. The normalized spacial score (nSPS) is 13.8. The molecule has 3 rings (SSSR count). The average molecular weight is 287 g/mol. The molecule has 1 aliphatic heterocycles. The molecule has 21 heavy (non-hydrogen) atoms. The first-order valence-electron chi connectivity index (χ1n) is 6.77. The second-order valence-electron chi connectivity index (χ2n) is 4.98. The van der Waals surface area contributed by atoms with Crippen molar-refractivity contribution in [2.24, 2.45) is 5.73 Å². The Morgan fingerprint density at radius 2 is 2.38 bits per heavy atom. The molecule has 110 valence electrons. The van der Waals surface area contributed by atoms with Crippen LogP contribution in [0, 0.1) is 6.92 Å². The Labute approximate surface area is 122 Å². The highest BCUT2D eigenvalue weighted by Gasteiger charge is 2.12. The van der Waals surface area contributed by atoms with Crippen LogP contribution in [0.2, 0.25) is 0 Å². The molecule has 0 bridgehead atoms. The topological polar surface area (TPSA) is 95.1 Å². The van der Waals surface area contributed by atoms with Gasteiger partial charge in [0.15, 0.2) is 0 Å². The number of aryl methyl sites for hydroxylation is 1. The highest BCUT2D eigenvalue weighted by molar-refractivity contribution is 5.94. The van der Waals surface area contributed by atoms with E-state index in [-0.39, 0.29) is 0 Å². The zero-order valence-corrected chi connectivity index (χ0v) is 11.8. The van der Waals surface area contributed by atoms with Crippen molar-refractivity contribution in [1.82, 2.24) is 14.8 Å². The number of carbonyl (C=O) groups excluding carboxylic acids is 1. The van der Waals surface area contributed by atoms with Gasteiger partial charge in [-0.15, -0.1) is 0 Å². The number of nitrogens with two attached hydrogens (primary N) is 1. The molecule has 3 heterocycles. The van der Waals surface area contributed by atoms with Crippen molar-refractivity contribution in [3.8, 4) is 0 Å². The van der Waals surface area contributed by atoms with E-state index in [9.17, 15) is 4.79 Å². The molecular formula is C14H17N5O2. The van der Waals surface area contributed by atoms with Gasteiger partial charge in [0.2, 0.25) is 0 Å². The van der Waals surface area contributed by atoms with E-state index in [0.29, 0.717) is 31.0 Å². The maximum Gasteiger partial charge on any atom is 0.250 e. The van der Waals surface area contributed by atoms with E-state index in [1.54, 1.807) is 19.2 Å². The summed E-state index contributed by atoms with van der Waals surface area (Å²) in [6, 6.07) is 3.73. The van der Waals surface area contributed by atoms with Gasteiger partial charge >= 0.3 is 0 Å². The fourth-order valence-electron chi connectivity index (χ4n) is 2.31. The summed E-state index contributed by atoms with van der Waals surface area (Å²) in [7, 11) is 0. The van der Waals surface area contributed by atoms with Gasteiger partial charge in [-0.3, -0.25) is 14.5 Å². The van der Waals surface area contributed by atoms with Crippen LogP contribution in [0.4, 0.5) is 5.69 Å². The molecule has 0 atom stereocenters. The lowest BCUT2D eigenvalue weighted by Gasteiger charge is -2.13. The zero-order valence-electron chi connectivity index (χ0n) is 11.8. The van der Waals surface area contributed by atoms with Crippen LogP contribution in [0.25, 0.3) is 0 Å². The number of hydrogen-bond donors (Lipinski definition) is 2. The van der Waals surface area contributed by atoms with Gasteiger partial charge in [0, 0.05) is 0 Å². The van der Waals surface area contributed by atoms with E-state index < -0.39 is 5.91 Å². The largest absolute Gasteiger partial charge is 0.378 e. The maximum absolute atomic E-state index is 11.3. The fourth-order valence-corrected chi connectivity index (χ4v) is 2.31. The van der Waals surface area contributed by atoms with Crippen molar-refractivity contribution >= 4 is 11.6 Å². The van der Waals surface area contributed by atoms with Crippen molar-refractivity contribution in [2.45, 2.75) is 26.6 Å². The van der Waals surface area contributed by atoms with Gasteiger partial charge in [0.25, 0.3) is 5.91 Å². The molecule has 2 aromatic heterocycles. The van der Waals surface area contributed by atoms with Crippen molar-refractivity contribution in [3.05, 3.63) is 41.0 Å². The Morgan fingerprint density at radius 3 is 3.14 bits per heavy atom. The van der Waals surface area contributed by atoms with Gasteiger partial charge < -0.3 is 15.8 Å². The molecule has 1 amide bonds. The molecule has 0 spiro atoms. The first-order valence-corrected chi connectivity index (χ1v) is 6.77. The number of rotatable bonds is 4. The molecule has 1 aliphatic rings. The van der Waals surface area contributed by atoms with Crippen LogP contribution in [0.5, 0.6) is 0 Å². The summed E-state index contributed by atoms with van der Waals surface area (Å²) in [4.78, 5) is 15.5. The summed E-state index contributed by atoms with van der Waals surface area (Å²) in [5.74, 6) is -0.474. The van der Waals surface area contributed by atoms with Gasteiger partial charge in [0.1, 0.15) is 0 Å². The molecule has 2 aromatic rings. The molecule has 0 radical (unpaired) electrons. The van der Waals surface area contributed by atoms with E-state index in [1.165, 1.54) is 0 Å². The van der Waals surface area contributed by atoms with E-state index >= 15 is 0 Å². The lowest BCUT2D eigenvalue weighted by molar-refractivity contribution is 0.0800. The molecule has 0 saturated heterocycles. The van der Waals surface area contributed by atoms with Crippen LogP contribution in [0.3, 0.4) is 0 Å². The Kier molecular flexibility index (Phi) is 3.57. The number of carbonyl (C=O) groups is 1. The number of pyridine rings is 1. The third-order valence-corrected chi connectivity index (χ3v) is 3.44. The lowest BCUT2D eigenvalue weighted by atomic mass is 10.2. The Bertz CT molecular complexity index is 656. The third-order valence-electron chi connectivity index (χ3n) is 3.44. The maximum atomic E-state index is 11.3. The van der Waals surface area contributed by atoms with E-state index in [1.807, 2.05) is 10.7 Å². The van der Waals surface area contributed by atoms with E-state index in [4.69, 9.17) is 10.5 Å². The Hall–Kier alpha value is -2.41. The number of fused-ring (bicyclic) bond motifs is 1. The second kappa shape index (κ2) is 5.53. The number of amides is 1. The Morgan fingerprint density at radius 1 is 1.52 bits per heavy atom. The third kappa shape index (κ3) is 2.87. The van der Waals surface area contributed by atoms with Crippen LogP contribution >= 0.6 is 0 Å². The SMILES string of the molecule is Cc1ncc(NCc2cc3n(n2)CCOC3)cc1C(N)=O. The summed E-state index contributed by atoms with van der Waals surface area (Å²) >= 11 is 0. The van der Waals surface area contributed by atoms with Crippen molar-refractivity contribution in [1.29, 1.82) is 0 Å². The highest BCUT2D eigenvalue weighted by Crippen LogP contribution is 2.15. The summed E-state index contributed by atoms with van der Waals surface area (Å²) < 4.78 is 7.35. The highest BCUT2D eigenvalue weighted by atomic mass is 16.5. The zero-order chi connectivity index (χ0) is 14.8. The van der Waals surface area contributed by atoms with Crippen molar-refractivity contribution in [3.63, 3.8) is 0 Å². The molecule has 3 N–H and O–H groups in total. The van der Waals surface area contributed by atoms with Crippen LogP contribution < -0.4 is 11.1 Å². The number of hydrogen-bond acceptors (Lipinski definition) is 5. The second-order valence-corrected chi connectivity index (χ2v) is 4.98. The first kappa shape index (κ1) is 13.6. The quantitative estimate of drug-likeness (QED) is 0.868. The minimum absolute atomic E-state index is 0.428. The van der Waals surface area contributed by atoms with Gasteiger partial charge in [-0.2, -0.15) is 5.10 Å². The lowest BCUT2D eigenvalue weighted by Crippen LogP contribution is -2.17. The predicted molar refractivity (Wildman–Crippen MR) is 76.7 cm³/mol. The van der Waals surface area contributed by atoms with Crippen molar-refractivity contribution < 1.29 is 9.53 Å². The van der Waals surface area contributed by atoms with Crippen LogP contribution in [-0.2, 0) is 24.4 Å². The summed E-state index contributed by atoms with van der Waals surface area (Å²) in [6.07, 6.45) is 1.68. The van der Waals surface area contributed by atoms with Crippen molar-refractivity contribution in [2.75, 3.05) is 11.9 Å². The average Bonchev–Trinajstić information content (AvgIpc) is 2.89. The standard InChI is InChI=1S/C14H17N5O2/c1-9-13(14(15)20)5-10(6-16-9)17-7-11-4-12-8-21-3-2-19(12)18-11/h4-6,17H,2-3,7-8H2,1H3,(H2,15,20). The van der Waals surface area contributed by atoms with Gasteiger partial charge in [0.05, 0.1) is 60.8 Å². The first-order chi connectivity index (χ1) is 10.1. The molecule has 0 saturated carbocycles. The molecule has 0 unspecified atom stereocenters. The molecular weight excluding hydrogens is 270 g/mol. The number of nitrogens with one attached hydrogen (secondary N) is 1.